The number of carbonyl (C=O) groups is 2. The largest absolute Gasteiger partial charge is 0.506 e. The SMILES string of the molecule is CC(C)(C)OC(=O)CNC(=O)c1c(O)c2cc(Br)cc3c2n(c1=O)CC(c1ccc(C(F)(F)F)cc1)C3. The van der Waals surface area contributed by atoms with Crippen molar-refractivity contribution in [3.63, 3.8) is 0 Å². The number of hydrogen-bond donors (Lipinski definition) is 2. The van der Waals surface area contributed by atoms with Crippen LogP contribution in [0.1, 0.15) is 53.7 Å². The summed E-state index contributed by atoms with van der Waals surface area (Å²) < 4.78 is 46.2. The second-order valence-electron chi connectivity index (χ2n) is 9.89. The van der Waals surface area contributed by atoms with Gasteiger partial charge in [0.05, 0.1) is 11.1 Å². The normalized spacial score (nSPS) is 15.5. The van der Waals surface area contributed by atoms with E-state index in [1.54, 1.807) is 32.9 Å². The fraction of sp³-hybridized carbons (Fsp3) is 0.346. The third-order valence-corrected chi connectivity index (χ3v) is 6.45. The number of hydrogen-bond acceptors (Lipinski definition) is 5. The van der Waals surface area contributed by atoms with Crippen LogP contribution in [-0.4, -0.2) is 33.7 Å². The smallest absolute Gasteiger partial charge is 0.416 e. The lowest BCUT2D eigenvalue weighted by Crippen LogP contribution is -2.39. The van der Waals surface area contributed by atoms with Crippen molar-refractivity contribution in [2.45, 2.75) is 51.4 Å². The first-order chi connectivity index (χ1) is 17.2. The molecule has 11 heteroatoms. The lowest BCUT2D eigenvalue weighted by molar-refractivity contribution is -0.153. The third kappa shape index (κ3) is 5.51. The molecule has 0 saturated heterocycles. The van der Waals surface area contributed by atoms with Gasteiger partial charge >= 0.3 is 12.1 Å². The van der Waals surface area contributed by atoms with E-state index in [2.05, 4.69) is 21.2 Å². The highest BCUT2D eigenvalue weighted by Gasteiger charge is 2.32. The van der Waals surface area contributed by atoms with Gasteiger partial charge in [-0.2, -0.15) is 13.2 Å². The third-order valence-electron chi connectivity index (χ3n) is 5.99. The standard InChI is InChI=1S/C26H24BrF3N2O5/c1-25(2,3)37-19(33)11-31-23(35)20-22(34)18-10-17(27)9-14-8-15(12-32(21(14)18)24(20)36)13-4-6-16(7-5-13)26(28,29)30/h4-7,9-10,15,34H,8,11-12H2,1-3H3,(H,31,35). The van der Waals surface area contributed by atoms with E-state index >= 15 is 0 Å². The van der Waals surface area contributed by atoms with Crippen molar-refractivity contribution >= 4 is 38.7 Å². The van der Waals surface area contributed by atoms with E-state index in [1.165, 1.54) is 16.7 Å². The second-order valence-corrected chi connectivity index (χ2v) is 10.8. The number of aromatic hydroxyl groups is 1. The molecule has 1 amide bonds. The Morgan fingerprint density at radius 3 is 2.41 bits per heavy atom. The average Bonchev–Trinajstić information content (AvgIpc) is 2.79. The molecule has 0 aliphatic carbocycles. The Hall–Kier alpha value is -3.34. The first-order valence-electron chi connectivity index (χ1n) is 11.4. The van der Waals surface area contributed by atoms with Gasteiger partial charge in [0.2, 0.25) is 0 Å². The highest BCUT2D eigenvalue weighted by molar-refractivity contribution is 9.10. The van der Waals surface area contributed by atoms with Crippen LogP contribution in [0.3, 0.4) is 0 Å². The van der Waals surface area contributed by atoms with Crippen molar-refractivity contribution in [2.24, 2.45) is 0 Å². The van der Waals surface area contributed by atoms with E-state index in [4.69, 9.17) is 4.74 Å². The Labute approximate surface area is 218 Å². The first-order valence-corrected chi connectivity index (χ1v) is 12.2. The van der Waals surface area contributed by atoms with Crippen LogP contribution in [-0.2, 0) is 28.7 Å². The summed E-state index contributed by atoms with van der Waals surface area (Å²) in [5.41, 5.74) is -1.12. The fourth-order valence-electron chi connectivity index (χ4n) is 4.50. The Bertz CT molecular complexity index is 1460. The van der Waals surface area contributed by atoms with Crippen LogP contribution in [0.2, 0.25) is 0 Å². The molecule has 1 aromatic heterocycles. The molecule has 3 aromatic rings. The number of ether oxygens (including phenoxy) is 1. The molecule has 7 nitrogen and oxygen atoms in total. The molecule has 1 unspecified atom stereocenters. The van der Waals surface area contributed by atoms with E-state index in [-0.39, 0.29) is 17.8 Å². The zero-order valence-electron chi connectivity index (χ0n) is 20.2. The summed E-state index contributed by atoms with van der Waals surface area (Å²) in [6.45, 7) is 4.58. The van der Waals surface area contributed by atoms with Crippen molar-refractivity contribution in [1.29, 1.82) is 0 Å². The summed E-state index contributed by atoms with van der Waals surface area (Å²) in [6.07, 6.45) is -4.06. The molecule has 1 aliphatic heterocycles. The molecule has 1 aliphatic rings. The van der Waals surface area contributed by atoms with Crippen LogP contribution in [0.15, 0.2) is 45.7 Å². The van der Waals surface area contributed by atoms with E-state index in [9.17, 15) is 32.7 Å². The quantitative estimate of drug-likeness (QED) is 0.428. The van der Waals surface area contributed by atoms with Crippen molar-refractivity contribution in [1.82, 2.24) is 9.88 Å². The molecule has 2 N–H and O–H groups in total. The highest BCUT2D eigenvalue weighted by Crippen LogP contribution is 2.39. The summed E-state index contributed by atoms with van der Waals surface area (Å²) in [6, 6.07) is 8.11. The number of benzene rings is 2. The van der Waals surface area contributed by atoms with Crippen LogP contribution in [0.5, 0.6) is 5.75 Å². The molecular formula is C26H24BrF3N2O5. The van der Waals surface area contributed by atoms with Gasteiger partial charge < -0.3 is 19.7 Å². The minimum absolute atomic E-state index is 0.0853. The summed E-state index contributed by atoms with van der Waals surface area (Å²) >= 11 is 3.39. The van der Waals surface area contributed by atoms with Gasteiger partial charge in [-0.1, -0.05) is 28.1 Å². The Kier molecular flexibility index (Phi) is 6.87. The van der Waals surface area contributed by atoms with Crippen molar-refractivity contribution in [3.8, 4) is 5.75 Å². The van der Waals surface area contributed by atoms with Gasteiger partial charge in [-0.3, -0.25) is 14.4 Å². The van der Waals surface area contributed by atoms with Gasteiger partial charge in [-0.15, -0.1) is 0 Å². The summed E-state index contributed by atoms with van der Waals surface area (Å²) in [5.74, 6) is -2.53. The molecule has 2 heterocycles. The van der Waals surface area contributed by atoms with Crippen LogP contribution >= 0.6 is 15.9 Å². The molecular weight excluding hydrogens is 557 g/mol. The van der Waals surface area contributed by atoms with Gasteiger partial charge in [0.15, 0.2) is 0 Å². The number of pyridine rings is 1. The highest BCUT2D eigenvalue weighted by atomic mass is 79.9. The lowest BCUT2D eigenvalue weighted by Gasteiger charge is -2.28. The average molecular weight is 581 g/mol. The van der Waals surface area contributed by atoms with Gasteiger partial charge in [0.25, 0.3) is 11.5 Å². The maximum atomic E-state index is 13.4. The lowest BCUT2D eigenvalue weighted by atomic mass is 9.87. The maximum Gasteiger partial charge on any atom is 0.416 e. The molecule has 2 aromatic carbocycles. The van der Waals surface area contributed by atoms with E-state index in [1.807, 2.05) is 0 Å². The zero-order chi connectivity index (χ0) is 27.3. The summed E-state index contributed by atoms with van der Waals surface area (Å²) in [5, 5.41) is 13.5. The number of aromatic nitrogens is 1. The number of alkyl halides is 3. The van der Waals surface area contributed by atoms with Crippen LogP contribution in [0.4, 0.5) is 13.2 Å². The Morgan fingerprint density at radius 2 is 1.81 bits per heavy atom. The second kappa shape index (κ2) is 9.51. The molecule has 37 heavy (non-hydrogen) atoms. The van der Waals surface area contributed by atoms with Gasteiger partial charge in [-0.05, 0) is 62.6 Å². The number of halogens is 4. The molecule has 196 valence electrons. The van der Waals surface area contributed by atoms with E-state index < -0.39 is 52.6 Å². The Morgan fingerprint density at radius 1 is 1.16 bits per heavy atom. The van der Waals surface area contributed by atoms with Crippen LogP contribution in [0, 0.1) is 0 Å². The topological polar surface area (TPSA) is 97.6 Å². The first kappa shape index (κ1) is 26.7. The Balaban J connectivity index is 1.73. The predicted molar refractivity (Wildman–Crippen MR) is 134 cm³/mol. The molecule has 0 spiro atoms. The number of nitrogens with zero attached hydrogens (tertiary/aromatic N) is 1. The van der Waals surface area contributed by atoms with Crippen LogP contribution < -0.4 is 10.9 Å². The van der Waals surface area contributed by atoms with E-state index in [0.717, 1.165) is 12.1 Å². The number of carbonyl (C=O) groups excluding carboxylic acids is 2. The number of esters is 1. The molecule has 0 saturated carbocycles. The molecule has 0 radical (unpaired) electrons. The van der Waals surface area contributed by atoms with Gasteiger partial charge in [0, 0.05) is 22.3 Å². The monoisotopic (exact) mass is 580 g/mol. The molecule has 4 rings (SSSR count). The zero-order valence-corrected chi connectivity index (χ0v) is 21.8. The summed E-state index contributed by atoms with van der Waals surface area (Å²) in [4.78, 5) is 38.4. The van der Waals surface area contributed by atoms with Crippen molar-refractivity contribution < 1.29 is 32.6 Å². The van der Waals surface area contributed by atoms with Crippen molar-refractivity contribution in [2.75, 3.05) is 6.54 Å². The van der Waals surface area contributed by atoms with Crippen LogP contribution in [0.25, 0.3) is 10.9 Å². The minimum atomic E-state index is -4.47. The van der Waals surface area contributed by atoms with E-state index in [0.29, 0.717) is 27.5 Å². The summed E-state index contributed by atoms with van der Waals surface area (Å²) in [7, 11) is 0. The van der Waals surface area contributed by atoms with Gasteiger partial charge in [0.1, 0.15) is 23.5 Å². The predicted octanol–water partition coefficient (Wildman–Crippen LogP) is 4.90. The number of amides is 1. The minimum Gasteiger partial charge on any atom is -0.506 e. The number of nitrogens with one attached hydrogen (secondary N) is 1. The molecule has 1 atom stereocenters. The van der Waals surface area contributed by atoms with Gasteiger partial charge in [-0.25, -0.2) is 0 Å². The van der Waals surface area contributed by atoms with Crippen molar-refractivity contribution in [3.05, 3.63) is 73.5 Å². The maximum absolute atomic E-state index is 13.4. The number of rotatable bonds is 4. The fourth-order valence-corrected chi connectivity index (χ4v) is 5.00. The molecule has 0 fully saturated rings. The molecule has 0 bridgehead atoms.